The number of nitrogens with one attached hydrogen (secondary N) is 1. The zero-order valence-electron chi connectivity index (χ0n) is 12.7. The van der Waals surface area contributed by atoms with E-state index in [1.165, 1.54) is 19.9 Å². The molecule has 1 aliphatic heterocycles. The highest BCUT2D eigenvalue weighted by atomic mass is 35.5. The van der Waals surface area contributed by atoms with Crippen LogP contribution in [0.5, 0.6) is 5.75 Å². The highest BCUT2D eigenvalue weighted by molar-refractivity contribution is 6.43. The van der Waals surface area contributed by atoms with Crippen LogP contribution in [-0.2, 0) is 19.1 Å². The van der Waals surface area contributed by atoms with Crippen molar-refractivity contribution in [3.8, 4) is 5.75 Å². The Morgan fingerprint density at radius 1 is 1.16 bits per heavy atom. The summed E-state index contributed by atoms with van der Waals surface area (Å²) < 4.78 is 50.6. The minimum atomic E-state index is -4.98. The summed E-state index contributed by atoms with van der Waals surface area (Å²) in [5.41, 5.74) is -0.504. The van der Waals surface area contributed by atoms with Crippen molar-refractivity contribution in [3.63, 3.8) is 0 Å². The van der Waals surface area contributed by atoms with Gasteiger partial charge in [0.25, 0.3) is 5.79 Å². The third-order valence-electron chi connectivity index (χ3n) is 2.72. The first-order valence-electron chi connectivity index (χ1n) is 6.56. The molecule has 1 aromatic carbocycles. The number of hydrogen-bond donors (Lipinski definition) is 1. The van der Waals surface area contributed by atoms with E-state index in [1.807, 2.05) is 0 Å². The maximum absolute atomic E-state index is 12.4. The first-order chi connectivity index (χ1) is 11.4. The van der Waals surface area contributed by atoms with Crippen molar-refractivity contribution in [2.45, 2.75) is 26.0 Å². The summed E-state index contributed by atoms with van der Waals surface area (Å²) in [5, 5.41) is 1.76. The van der Waals surface area contributed by atoms with Crippen LogP contribution in [0.3, 0.4) is 0 Å². The van der Waals surface area contributed by atoms with Crippen molar-refractivity contribution in [3.05, 3.63) is 34.0 Å². The van der Waals surface area contributed by atoms with Gasteiger partial charge in [-0.25, -0.2) is 9.59 Å². The van der Waals surface area contributed by atoms with E-state index in [9.17, 15) is 22.8 Å². The molecular weight excluding hydrogens is 390 g/mol. The van der Waals surface area contributed by atoms with Gasteiger partial charge in [0.05, 0.1) is 5.02 Å². The highest BCUT2D eigenvalue weighted by Crippen LogP contribution is 2.38. The smallest absolute Gasteiger partial charge is 0.419 e. The molecule has 1 aliphatic rings. The quantitative estimate of drug-likeness (QED) is 0.470. The van der Waals surface area contributed by atoms with Gasteiger partial charge in [-0.15, -0.1) is 13.2 Å². The van der Waals surface area contributed by atoms with Crippen LogP contribution >= 0.6 is 23.2 Å². The Kier molecular flexibility index (Phi) is 5.10. The Balaban J connectivity index is 2.26. The lowest BCUT2D eigenvalue weighted by Crippen LogP contribution is -2.42. The lowest BCUT2D eigenvalue weighted by atomic mass is 10.2. The van der Waals surface area contributed by atoms with Gasteiger partial charge in [-0.2, -0.15) is 0 Å². The van der Waals surface area contributed by atoms with E-state index >= 15 is 0 Å². The van der Waals surface area contributed by atoms with E-state index in [0.717, 1.165) is 12.3 Å². The van der Waals surface area contributed by atoms with Gasteiger partial charge in [0.15, 0.2) is 11.3 Å². The summed E-state index contributed by atoms with van der Waals surface area (Å²) in [6.07, 6.45) is -4.07. The number of hydrogen-bond acceptors (Lipinski definition) is 6. The minimum Gasteiger partial charge on any atom is -0.419 e. The summed E-state index contributed by atoms with van der Waals surface area (Å²) in [6, 6.07) is 2.07. The number of cyclic esters (lactones) is 2. The van der Waals surface area contributed by atoms with Crippen LogP contribution in [0.4, 0.5) is 18.9 Å². The normalized spacial score (nSPS) is 16.8. The number of rotatable bonds is 3. The van der Waals surface area contributed by atoms with Gasteiger partial charge < -0.3 is 19.5 Å². The standard InChI is InChI=1S/C14H10Cl2F3NO5/c1-13(2)24-11(21)7(12(22)25-13)5-20-6-3-8(15)10(16)9(4-6)23-14(17,18)19/h3-5,20H,1-2H3. The Morgan fingerprint density at radius 3 is 2.24 bits per heavy atom. The summed E-state index contributed by atoms with van der Waals surface area (Å²) in [5.74, 6) is -4.08. The molecule has 1 heterocycles. The van der Waals surface area contributed by atoms with E-state index in [0.29, 0.717) is 0 Å². The van der Waals surface area contributed by atoms with Crippen LogP contribution in [0, 0.1) is 0 Å². The molecule has 0 aliphatic carbocycles. The fourth-order valence-electron chi connectivity index (χ4n) is 1.78. The number of halogens is 5. The summed E-state index contributed by atoms with van der Waals surface area (Å²) in [6.45, 7) is 2.74. The van der Waals surface area contributed by atoms with Crippen LogP contribution < -0.4 is 10.1 Å². The predicted octanol–water partition coefficient (Wildman–Crippen LogP) is 4.02. The van der Waals surface area contributed by atoms with E-state index in [1.54, 1.807) is 0 Å². The van der Waals surface area contributed by atoms with Crippen LogP contribution in [0.1, 0.15) is 13.8 Å². The second-order valence-electron chi connectivity index (χ2n) is 5.20. The average molecular weight is 400 g/mol. The largest absolute Gasteiger partial charge is 0.573 e. The maximum Gasteiger partial charge on any atom is 0.573 e. The molecular formula is C14H10Cl2F3NO5. The van der Waals surface area contributed by atoms with E-state index in [-0.39, 0.29) is 10.7 Å². The van der Waals surface area contributed by atoms with E-state index < -0.39 is 40.4 Å². The second kappa shape index (κ2) is 6.64. The Bertz CT molecular complexity index is 740. The number of esters is 2. The van der Waals surface area contributed by atoms with Gasteiger partial charge in [-0.1, -0.05) is 23.2 Å². The SMILES string of the molecule is CC1(C)OC(=O)C(=CNc2cc(Cl)c(Cl)c(OC(F)(F)F)c2)C(=O)O1. The highest BCUT2D eigenvalue weighted by Gasteiger charge is 2.39. The van der Waals surface area contributed by atoms with Gasteiger partial charge in [0, 0.05) is 31.8 Å². The molecule has 11 heteroatoms. The Labute approximate surface area is 149 Å². The Morgan fingerprint density at radius 2 is 1.72 bits per heavy atom. The van der Waals surface area contributed by atoms with Crippen molar-refractivity contribution >= 4 is 40.8 Å². The first kappa shape index (κ1) is 19.2. The average Bonchev–Trinajstić information content (AvgIpc) is 2.40. The molecule has 1 N–H and O–H groups in total. The van der Waals surface area contributed by atoms with Crippen molar-refractivity contribution in [1.82, 2.24) is 0 Å². The molecule has 0 aromatic heterocycles. The lowest BCUT2D eigenvalue weighted by molar-refractivity contribution is -0.274. The van der Waals surface area contributed by atoms with Gasteiger partial charge in [-0.05, 0) is 6.07 Å². The third kappa shape index (κ3) is 4.93. The Hall–Kier alpha value is -2.13. The van der Waals surface area contributed by atoms with Gasteiger partial charge >= 0.3 is 18.3 Å². The number of anilines is 1. The molecule has 2 rings (SSSR count). The third-order valence-corrected chi connectivity index (χ3v) is 3.51. The second-order valence-corrected chi connectivity index (χ2v) is 5.98. The molecule has 0 bridgehead atoms. The van der Waals surface area contributed by atoms with Crippen molar-refractivity contribution < 1.29 is 37.0 Å². The molecule has 0 atom stereocenters. The summed E-state index contributed by atoms with van der Waals surface area (Å²) >= 11 is 11.4. The monoisotopic (exact) mass is 399 g/mol. The van der Waals surface area contributed by atoms with Crippen molar-refractivity contribution in [1.29, 1.82) is 0 Å². The molecule has 1 saturated heterocycles. The van der Waals surface area contributed by atoms with Crippen molar-refractivity contribution in [2.75, 3.05) is 5.32 Å². The number of alkyl halides is 3. The molecule has 0 unspecified atom stereocenters. The molecule has 136 valence electrons. The lowest BCUT2D eigenvalue weighted by Gasteiger charge is -2.29. The zero-order valence-corrected chi connectivity index (χ0v) is 14.2. The van der Waals surface area contributed by atoms with Crippen LogP contribution in [0.25, 0.3) is 0 Å². The minimum absolute atomic E-state index is 0.0217. The van der Waals surface area contributed by atoms with Crippen LogP contribution in [0.2, 0.25) is 10.0 Å². The fraction of sp³-hybridized carbons (Fsp3) is 0.286. The summed E-state index contributed by atoms with van der Waals surface area (Å²) in [7, 11) is 0. The van der Waals surface area contributed by atoms with E-state index in [2.05, 4.69) is 10.1 Å². The molecule has 0 saturated carbocycles. The number of ether oxygens (including phenoxy) is 3. The molecule has 0 radical (unpaired) electrons. The summed E-state index contributed by atoms with van der Waals surface area (Å²) in [4.78, 5) is 23.5. The number of carbonyl (C=O) groups is 2. The fourth-order valence-corrected chi connectivity index (χ4v) is 2.14. The maximum atomic E-state index is 12.4. The van der Waals surface area contributed by atoms with Crippen LogP contribution in [-0.4, -0.2) is 24.1 Å². The van der Waals surface area contributed by atoms with Crippen molar-refractivity contribution in [2.24, 2.45) is 0 Å². The van der Waals surface area contributed by atoms with Crippen LogP contribution in [0.15, 0.2) is 23.9 Å². The molecule has 1 fully saturated rings. The first-order valence-corrected chi connectivity index (χ1v) is 7.32. The molecule has 0 spiro atoms. The molecule has 0 amide bonds. The number of benzene rings is 1. The molecule has 25 heavy (non-hydrogen) atoms. The zero-order chi connectivity index (χ0) is 19.0. The van der Waals surface area contributed by atoms with Gasteiger partial charge in [0.1, 0.15) is 5.02 Å². The number of carbonyl (C=O) groups excluding carboxylic acids is 2. The predicted molar refractivity (Wildman–Crippen MR) is 81.1 cm³/mol. The van der Waals surface area contributed by atoms with E-state index in [4.69, 9.17) is 32.7 Å². The molecule has 6 nitrogen and oxygen atoms in total. The van der Waals surface area contributed by atoms with Gasteiger partial charge in [0.2, 0.25) is 0 Å². The molecule has 1 aromatic rings. The topological polar surface area (TPSA) is 73.9 Å². The van der Waals surface area contributed by atoms with Gasteiger partial charge in [-0.3, -0.25) is 0 Å².